The molecule has 0 saturated heterocycles. The molecule has 0 aliphatic carbocycles. The van der Waals surface area contributed by atoms with Gasteiger partial charge in [0, 0.05) is 17.3 Å². The van der Waals surface area contributed by atoms with Crippen molar-refractivity contribution < 1.29 is 17.9 Å². The van der Waals surface area contributed by atoms with Crippen LogP contribution in [0.2, 0.25) is 0 Å². The minimum Gasteiger partial charge on any atom is -0.372 e. The third-order valence-corrected chi connectivity index (χ3v) is 4.03. The topological polar surface area (TPSA) is 21.3 Å². The van der Waals surface area contributed by atoms with Crippen molar-refractivity contribution in [1.82, 2.24) is 5.32 Å². The predicted molar refractivity (Wildman–Crippen MR) is 75.1 cm³/mol. The van der Waals surface area contributed by atoms with Crippen molar-refractivity contribution >= 4 is 21.4 Å². The van der Waals surface area contributed by atoms with Crippen LogP contribution >= 0.6 is 11.3 Å². The highest BCUT2D eigenvalue weighted by Gasteiger charge is 2.27. The van der Waals surface area contributed by atoms with Gasteiger partial charge >= 0.3 is 6.18 Å². The maximum Gasteiger partial charge on any atom is 0.411 e. The highest BCUT2D eigenvalue weighted by atomic mass is 32.1. The molecule has 1 aromatic carbocycles. The normalized spacial score (nSPS) is 13.8. The van der Waals surface area contributed by atoms with Gasteiger partial charge in [0.05, 0.1) is 0 Å². The number of ether oxygens (including phenoxy) is 1. The van der Waals surface area contributed by atoms with Crippen LogP contribution in [0.1, 0.15) is 18.0 Å². The summed E-state index contributed by atoms with van der Waals surface area (Å²) in [7, 11) is 1.81. The second-order valence-electron chi connectivity index (χ2n) is 4.48. The van der Waals surface area contributed by atoms with E-state index in [0.29, 0.717) is 6.42 Å². The zero-order valence-electron chi connectivity index (χ0n) is 11.0. The first-order valence-corrected chi connectivity index (χ1v) is 7.17. The van der Waals surface area contributed by atoms with Crippen molar-refractivity contribution in [2.24, 2.45) is 0 Å². The van der Waals surface area contributed by atoms with E-state index in [1.807, 2.05) is 24.3 Å². The number of rotatable bonds is 6. The van der Waals surface area contributed by atoms with Crippen LogP contribution in [0, 0.1) is 0 Å². The van der Waals surface area contributed by atoms with E-state index >= 15 is 0 Å². The fourth-order valence-corrected chi connectivity index (χ4v) is 3.13. The third-order valence-electron chi connectivity index (χ3n) is 3.05. The highest BCUT2D eigenvalue weighted by molar-refractivity contribution is 7.17. The number of fused-ring (bicyclic) bond motifs is 1. The maximum absolute atomic E-state index is 12.0. The molecule has 0 aliphatic rings. The van der Waals surface area contributed by atoms with E-state index in [1.165, 1.54) is 4.70 Å². The van der Waals surface area contributed by atoms with Crippen molar-refractivity contribution in [3.63, 3.8) is 0 Å². The van der Waals surface area contributed by atoms with Gasteiger partial charge in [-0.1, -0.05) is 18.2 Å². The quantitative estimate of drug-likeness (QED) is 0.810. The molecule has 110 valence electrons. The summed E-state index contributed by atoms with van der Waals surface area (Å²) in [6.07, 6.45) is -3.75. The van der Waals surface area contributed by atoms with Crippen LogP contribution in [-0.2, 0) is 4.74 Å². The van der Waals surface area contributed by atoms with Gasteiger partial charge in [-0.3, -0.25) is 0 Å². The zero-order valence-corrected chi connectivity index (χ0v) is 11.9. The number of alkyl halides is 3. The van der Waals surface area contributed by atoms with Crippen LogP contribution in [-0.4, -0.2) is 26.4 Å². The number of nitrogens with one attached hydrogen (secondary N) is 1. The fraction of sp³-hybridized carbons (Fsp3) is 0.429. The van der Waals surface area contributed by atoms with Crippen LogP contribution in [0.15, 0.2) is 29.6 Å². The van der Waals surface area contributed by atoms with Gasteiger partial charge in [-0.2, -0.15) is 13.2 Å². The van der Waals surface area contributed by atoms with Gasteiger partial charge in [0.2, 0.25) is 0 Å². The molecule has 0 bridgehead atoms. The van der Waals surface area contributed by atoms with E-state index in [-0.39, 0.29) is 12.6 Å². The van der Waals surface area contributed by atoms with E-state index < -0.39 is 12.8 Å². The first-order valence-electron chi connectivity index (χ1n) is 6.29. The average molecular weight is 303 g/mol. The Bertz CT molecular complexity index is 553. The van der Waals surface area contributed by atoms with Crippen LogP contribution in [0.4, 0.5) is 13.2 Å². The number of thiophene rings is 1. The van der Waals surface area contributed by atoms with Gasteiger partial charge in [-0.05, 0) is 35.9 Å². The van der Waals surface area contributed by atoms with Gasteiger partial charge in [-0.15, -0.1) is 11.3 Å². The summed E-state index contributed by atoms with van der Waals surface area (Å²) in [4.78, 5) is 0. The Morgan fingerprint density at radius 3 is 2.75 bits per heavy atom. The second kappa shape index (κ2) is 6.56. The lowest BCUT2D eigenvalue weighted by molar-refractivity contribution is -0.174. The molecular weight excluding hydrogens is 287 g/mol. The summed E-state index contributed by atoms with van der Waals surface area (Å²) in [5.74, 6) is 0. The molecular formula is C14H16F3NOS. The monoisotopic (exact) mass is 303 g/mol. The SMILES string of the molecule is CNC(CCOCC(F)(F)F)c1csc2ccccc12. The fourth-order valence-electron chi connectivity index (χ4n) is 2.11. The number of benzene rings is 1. The average Bonchev–Trinajstić information content (AvgIpc) is 2.82. The van der Waals surface area contributed by atoms with Crippen molar-refractivity contribution in [3.05, 3.63) is 35.2 Å². The summed E-state index contributed by atoms with van der Waals surface area (Å²) in [5.41, 5.74) is 1.11. The maximum atomic E-state index is 12.0. The lowest BCUT2D eigenvalue weighted by atomic mass is 10.0. The van der Waals surface area contributed by atoms with Crippen LogP contribution in [0.5, 0.6) is 0 Å². The summed E-state index contributed by atoms with van der Waals surface area (Å²) < 4.78 is 41.9. The minimum absolute atomic E-state index is 0.000571. The largest absolute Gasteiger partial charge is 0.411 e. The van der Waals surface area contributed by atoms with Crippen molar-refractivity contribution in [2.75, 3.05) is 20.3 Å². The molecule has 1 heterocycles. The standard InChI is InChI=1S/C14H16F3NOS/c1-18-12(6-7-19-9-14(15,16)17)11-8-20-13-5-3-2-4-10(11)13/h2-5,8,12,18H,6-7,9H2,1H3. The molecule has 0 spiro atoms. The Morgan fingerprint density at radius 2 is 2.05 bits per heavy atom. The van der Waals surface area contributed by atoms with Crippen molar-refractivity contribution in [2.45, 2.75) is 18.6 Å². The summed E-state index contributed by atoms with van der Waals surface area (Å²) >= 11 is 1.64. The molecule has 2 aromatic rings. The number of halogens is 3. The summed E-state index contributed by atoms with van der Waals surface area (Å²) in [5, 5.41) is 6.34. The predicted octanol–water partition coefficient (Wildman–Crippen LogP) is 4.13. The Hall–Kier alpha value is -1.11. The van der Waals surface area contributed by atoms with Gasteiger partial charge < -0.3 is 10.1 Å². The smallest absolute Gasteiger partial charge is 0.372 e. The first-order chi connectivity index (χ1) is 9.51. The van der Waals surface area contributed by atoms with E-state index in [9.17, 15) is 13.2 Å². The highest BCUT2D eigenvalue weighted by Crippen LogP contribution is 2.31. The molecule has 6 heteroatoms. The molecule has 1 N–H and O–H groups in total. The van der Waals surface area contributed by atoms with Crippen LogP contribution in [0.3, 0.4) is 0 Å². The van der Waals surface area contributed by atoms with Gasteiger partial charge in [-0.25, -0.2) is 0 Å². The van der Waals surface area contributed by atoms with Crippen molar-refractivity contribution in [1.29, 1.82) is 0 Å². The third kappa shape index (κ3) is 3.94. The summed E-state index contributed by atoms with van der Waals surface area (Å²) in [6.45, 7) is -1.11. The Morgan fingerprint density at radius 1 is 1.30 bits per heavy atom. The van der Waals surface area contributed by atoms with Gasteiger partial charge in [0.15, 0.2) is 0 Å². The van der Waals surface area contributed by atoms with Crippen LogP contribution < -0.4 is 5.32 Å². The molecule has 1 aromatic heterocycles. The lowest BCUT2D eigenvalue weighted by Crippen LogP contribution is -2.21. The lowest BCUT2D eigenvalue weighted by Gasteiger charge is -2.16. The molecule has 20 heavy (non-hydrogen) atoms. The molecule has 1 atom stereocenters. The minimum atomic E-state index is -4.26. The van der Waals surface area contributed by atoms with Crippen LogP contribution in [0.25, 0.3) is 10.1 Å². The molecule has 2 nitrogen and oxygen atoms in total. The van der Waals surface area contributed by atoms with E-state index in [0.717, 1.165) is 10.9 Å². The Kier molecular flexibility index (Phi) is 5.01. The molecule has 1 unspecified atom stereocenters. The number of hydrogen-bond donors (Lipinski definition) is 1. The zero-order chi connectivity index (χ0) is 14.6. The van der Waals surface area contributed by atoms with Gasteiger partial charge in [0.1, 0.15) is 6.61 Å². The molecule has 0 amide bonds. The first kappa shape index (κ1) is 15.3. The molecule has 0 radical (unpaired) electrons. The number of hydrogen-bond acceptors (Lipinski definition) is 3. The summed E-state index contributed by atoms with van der Waals surface area (Å²) in [6, 6.07) is 8.01. The van der Waals surface area contributed by atoms with E-state index in [4.69, 9.17) is 0 Å². The molecule has 2 rings (SSSR count). The van der Waals surface area contributed by atoms with E-state index in [2.05, 4.69) is 15.4 Å². The molecule has 0 aliphatic heterocycles. The van der Waals surface area contributed by atoms with Gasteiger partial charge in [0.25, 0.3) is 0 Å². The van der Waals surface area contributed by atoms with E-state index in [1.54, 1.807) is 18.4 Å². The molecule has 0 fully saturated rings. The molecule has 0 saturated carbocycles. The second-order valence-corrected chi connectivity index (χ2v) is 5.40. The van der Waals surface area contributed by atoms with Crippen molar-refractivity contribution in [3.8, 4) is 0 Å². The Balaban J connectivity index is 1.98. The Labute approximate surface area is 119 Å².